The average molecular weight is 467 g/mol. The second-order valence-corrected chi connectivity index (χ2v) is 9.20. The summed E-state index contributed by atoms with van der Waals surface area (Å²) in [5.74, 6) is -0.600. The minimum atomic E-state index is -4.40. The highest BCUT2D eigenvalue weighted by Gasteiger charge is 2.40. The molecule has 0 amide bonds. The van der Waals surface area contributed by atoms with Gasteiger partial charge in [-0.3, -0.25) is 0 Å². The van der Waals surface area contributed by atoms with Gasteiger partial charge in [-0.25, -0.2) is 4.79 Å². The molecule has 9 heteroatoms. The van der Waals surface area contributed by atoms with Crippen LogP contribution in [0.2, 0.25) is 0 Å². The number of hydrogen-bond donors (Lipinski definition) is 1. The van der Waals surface area contributed by atoms with Crippen LogP contribution in [0.25, 0.3) is 0 Å². The molecule has 0 spiro atoms. The third kappa shape index (κ3) is 4.60. The topological polar surface area (TPSA) is 53.0 Å². The number of esters is 1. The third-order valence-corrected chi connectivity index (χ3v) is 7.19. The van der Waals surface area contributed by atoms with E-state index in [0.717, 1.165) is 34.5 Å². The number of ether oxygens (including phenoxy) is 1. The normalized spacial score (nSPS) is 18.1. The number of para-hydroxylation sites is 1. The van der Waals surface area contributed by atoms with Gasteiger partial charge in [0.2, 0.25) is 0 Å². The molecule has 2 aliphatic heterocycles. The molecule has 172 valence electrons. The van der Waals surface area contributed by atoms with E-state index < -0.39 is 23.3 Å². The van der Waals surface area contributed by atoms with E-state index in [1.54, 1.807) is 6.07 Å². The zero-order valence-corrected chi connectivity index (χ0v) is 18.5. The number of fused-ring (bicyclic) bond motifs is 2. The van der Waals surface area contributed by atoms with Gasteiger partial charge in [-0.1, -0.05) is 23.9 Å². The zero-order valence-electron chi connectivity index (χ0n) is 17.7. The number of anilines is 2. The SMILES string of the molecule is COC(=O)C1(O)CCN(CCCN2c3ccccc3Sc3ccc(C(F)(F)F)cc32)CC1. The maximum absolute atomic E-state index is 13.3. The highest BCUT2D eigenvalue weighted by Crippen LogP contribution is 2.49. The first kappa shape index (κ1) is 22.9. The Morgan fingerprint density at radius 2 is 1.78 bits per heavy atom. The van der Waals surface area contributed by atoms with Crippen molar-refractivity contribution in [3.8, 4) is 0 Å². The Bertz CT molecular complexity index is 991. The van der Waals surface area contributed by atoms with Crippen molar-refractivity contribution in [3.63, 3.8) is 0 Å². The predicted octanol–water partition coefficient (Wildman–Crippen LogP) is 4.70. The van der Waals surface area contributed by atoms with Crippen LogP contribution in [0.5, 0.6) is 0 Å². The summed E-state index contributed by atoms with van der Waals surface area (Å²) < 4.78 is 44.7. The summed E-state index contributed by atoms with van der Waals surface area (Å²) >= 11 is 1.48. The number of piperidine rings is 1. The summed E-state index contributed by atoms with van der Waals surface area (Å²) in [6.45, 7) is 2.40. The molecule has 4 rings (SSSR count). The fraction of sp³-hybridized carbons (Fsp3) is 0.435. The van der Waals surface area contributed by atoms with Gasteiger partial charge < -0.3 is 19.6 Å². The largest absolute Gasteiger partial charge is 0.467 e. The maximum atomic E-state index is 13.3. The Hall–Kier alpha value is -2.23. The first-order valence-corrected chi connectivity index (χ1v) is 11.3. The highest BCUT2D eigenvalue weighted by atomic mass is 32.2. The molecule has 32 heavy (non-hydrogen) atoms. The lowest BCUT2D eigenvalue weighted by Crippen LogP contribution is -2.50. The van der Waals surface area contributed by atoms with E-state index in [2.05, 4.69) is 4.90 Å². The summed E-state index contributed by atoms with van der Waals surface area (Å²) in [5, 5.41) is 10.4. The lowest BCUT2D eigenvalue weighted by Gasteiger charge is -2.37. The summed E-state index contributed by atoms with van der Waals surface area (Å²) in [4.78, 5) is 17.7. The van der Waals surface area contributed by atoms with Gasteiger partial charge in [0.05, 0.1) is 24.0 Å². The Balaban J connectivity index is 1.46. The minimum absolute atomic E-state index is 0.306. The van der Waals surface area contributed by atoms with Crippen molar-refractivity contribution in [1.82, 2.24) is 4.90 Å². The Morgan fingerprint density at radius 1 is 1.09 bits per heavy atom. The maximum Gasteiger partial charge on any atom is 0.416 e. The molecule has 0 radical (unpaired) electrons. The zero-order chi connectivity index (χ0) is 22.9. The van der Waals surface area contributed by atoms with E-state index in [0.29, 0.717) is 38.2 Å². The van der Waals surface area contributed by atoms with Crippen LogP contribution in [0.3, 0.4) is 0 Å². The molecular weight excluding hydrogens is 441 g/mol. The molecule has 2 heterocycles. The predicted molar refractivity (Wildman–Crippen MR) is 116 cm³/mol. The first-order valence-electron chi connectivity index (χ1n) is 10.5. The van der Waals surface area contributed by atoms with Gasteiger partial charge in [0.25, 0.3) is 0 Å². The number of halogens is 3. The summed E-state index contributed by atoms with van der Waals surface area (Å²) in [5.41, 5.74) is -0.606. The standard InChI is InChI=1S/C23H25F3N2O3S/c1-31-21(29)22(30)9-13-27(14-10-22)11-4-12-28-17-5-2-3-6-19(17)32-20-8-7-16(15-18(20)28)23(24,25)26/h2-3,5-8,15,30H,4,9-14H2,1H3. The summed E-state index contributed by atoms with van der Waals surface area (Å²) in [6, 6.07) is 11.6. The van der Waals surface area contributed by atoms with E-state index in [9.17, 15) is 23.1 Å². The van der Waals surface area contributed by atoms with Crippen molar-refractivity contribution in [2.75, 3.05) is 38.2 Å². The number of benzene rings is 2. The number of alkyl halides is 3. The monoisotopic (exact) mass is 466 g/mol. The van der Waals surface area contributed by atoms with Crippen LogP contribution < -0.4 is 4.90 Å². The van der Waals surface area contributed by atoms with Gasteiger partial charge in [-0.2, -0.15) is 13.2 Å². The van der Waals surface area contributed by atoms with Crippen molar-refractivity contribution in [2.45, 2.75) is 40.8 Å². The molecule has 2 aromatic rings. The van der Waals surface area contributed by atoms with Crippen molar-refractivity contribution in [1.29, 1.82) is 0 Å². The van der Waals surface area contributed by atoms with Gasteiger partial charge in [0.15, 0.2) is 5.60 Å². The number of likely N-dealkylation sites (tertiary alicyclic amines) is 1. The second-order valence-electron chi connectivity index (χ2n) is 8.12. The van der Waals surface area contributed by atoms with Crippen LogP contribution in [-0.4, -0.2) is 54.9 Å². The molecule has 1 saturated heterocycles. The van der Waals surface area contributed by atoms with Gasteiger partial charge in [0, 0.05) is 29.4 Å². The van der Waals surface area contributed by atoms with Gasteiger partial charge in [-0.15, -0.1) is 0 Å². The van der Waals surface area contributed by atoms with Crippen molar-refractivity contribution >= 4 is 29.1 Å². The summed E-state index contributed by atoms with van der Waals surface area (Å²) in [7, 11) is 1.27. The van der Waals surface area contributed by atoms with E-state index in [1.165, 1.54) is 24.9 Å². The molecule has 0 unspecified atom stereocenters. The number of carbonyl (C=O) groups is 1. The van der Waals surface area contributed by atoms with Crippen LogP contribution in [0.1, 0.15) is 24.8 Å². The number of hydrogen-bond acceptors (Lipinski definition) is 6. The number of methoxy groups -OCH3 is 1. The molecule has 0 atom stereocenters. The van der Waals surface area contributed by atoms with E-state index in [1.807, 2.05) is 29.2 Å². The average Bonchev–Trinajstić information content (AvgIpc) is 2.78. The fourth-order valence-corrected chi connectivity index (χ4v) is 5.32. The molecule has 0 saturated carbocycles. The molecular formula is C23H25F3N2O3S. The van der Waals surface area contributed by atoms with Crippen LogP contribution in [0.15, 0.2) is 52.3 Å². The van der Waals surface area contributed by atoms with E-state index >= 15 is 0 Å². The smallest absolute Gasteiger partial charge is 0.416 e. The summed E-state index contributed by atoms with van der Waals surface area (Å²) in [6.07, 6.45) is -3.06. The lowest BCUT2D eigenvalue weighted by molar-refractivity contribution is -0.167. The van der Waals surface area contributed by atoms with Gasteiger partial charge >= 0.3 is 12.1 Å². The number of aliphatic hydroxyl groups is 1. The molecule has 2 aromatic carbocycles. The number of rotatable bonds is 5. The molecule has 1 N–H and O–H groups in total. The molecule has 2 aliphatic rings. The quantitative estimate of drug-likeness (QED) is 0.645. The molecule has 5 nitrogen and oxygen atoms in total. The van der Waals surface area contributed by atoms with Gasteiger partial charge in [-0.05, 0) is 56.1 Å². The van der Waals surface area contributed by atoms with Crippen molar-refractivity contribution in [2.24, 2.45) is 0 Å². The van der Waals surface area contributed by atoms with Crippen molar-refractivity contribution < 1.29 is 27.8 Å². The minimum Gasteiger partial charge on any atom is -0.467 e. The Kier molecular flexibility index (Phi) is 6.42. The van der Waals surface area contributed by atoms with Crippen LogP contribution >= 0.6 is 11.8 Å². The van der Waals surface area contributed by atoms with Crippen LogP contribution in [0.4, 0.5) is 24.5 Å². The molecule has 0 aliphatic carbocycles. The third-order valence-electron chi connectivity index (χ3n) is 6.06. The van der Waals surface area contributed by atoms with Gasteiger partial charge in [0.1, 0.15) is 0 Å². The Labute approximate surface area is 189 Å². The molecule has 1 fully saturated rings. The lowest BCUT2D eigenvalue weighted by atomic mass is 9.91. The Morgan fingerprint density at radius 3 is 2.47 bits per heavy atom. The van der Waals surface area contributed by atoms with E-state index in [4.69, 9.17) is 4.74 Å². The second kappa shape index (κ2) is 8.96. The van der Waals surface area contributed by atoms with Crippen LogP contribution in [0, 0.1) is 0 Å². The van der Waals surface area contributed by atoms with E-state index in [-0.39, 0.29) is 0 Å². The first-order chi connectivity index (χ1) is 15.2. The number of carbonyl (C=O) groups excluding carboxylic acids is 1. The van der Waals surface area contributed by atoms with Crippen LogP contribution in [-0.2, 0) is 15.7 Å². The number of nitrogens with zero attached hydrogens (tertiary/aromatic N) is 2. The highest BCUT2D eigenvalue weighted by molar-refractivity contribution is 7.99. The fourth-order valence-electron chi connectivity index (χ4n) is 4.24. The van der Waals surface area contributed by atoms with Crippen molar-refractivity contribution in [3.05, 3.63) is 48.0 Å². The molecule has 0 bridgehead atoms. The molecule has 0 aromatic heterocycles.